The number of hydrogen-bond donors (Lipinski definition) is 0. The molecule has 0 saturated carbocycles. The zero-order valence-corrected chi connectivity index (χ0v) is 12.2. The molecule has 0 aromatic carbocycles. The fourth-order valence-electron chi connectivity index (χ4n) is 1.66. The molecule has 0 aliphatic rings. The topological polar surface area (TPSA) is 16.1 Å². The van der Waals surface area contributed by atoms with Crippen molar-refractivity contribution in [1.29, 1.82) is 0 Å². The second-order valence-electron chi connectivity index (χ2n) is 3.97. The summed E-state index contributed by atoms with van der Waals surface area (Å²) >= 11 is 9.07. The number of aromatic nitrogens is 1. The van der Waals surface area contributed by atoms with E-state index in [1.54, 1.807) is 0 Å². The molecule has 0 amide bonds. The molecule has 4 heteroatoms. The molecule has 0 spiro atoms. The van der Waals surface area contributed by atoms with E-state index in [9.17, 15) is 0 Å². The van der Waals surface area contributed by atoms with Gasteiger partial charge in [0, 0.05) is 30.1 Å². The normalized spacial score (nSPS) is 10.5. The third kappa shape index (κ3) is 4.30. The minimum atomic E-state index is 0.763. The predicted octanol–water partition coefficient (Wildman–Crippen LogP) is 4.00. The highest BCUT2D eigenvalue weighted by Gasteiger charge is 2.05. The van der Waals surface area contributed by atoms with Crippen molar-refractivity contribution in [1.82, 2.24) is 4.98 Å². The van der Waals surface area contributed by atoms with Crippen LogP contribution in [-0.2, 0) is 0 Å². The Bertz CT molecular complexity index is 331. The largest absolute Gasteiger partial charge is 0.359 e. The van der Waals surface area contributed by atoms with E-state index >= 15 is 0 Å². The van der Waals surface area contributed by atoms with Crippen LogP contribution >= 0.6 is 27.5 Å². The Balaban J connectivity index is 2.49. The van der Waals surface area contributed by atoms with Gasteiger partial charge < -0.3 is 4.90 Å². The van der Waals surface area contributed by atoms with Gasteiger partial charge in [-0.2, -0.15) is 0 Å². The summed E-state index contributed by atoms with van der Waals surface area (Å²) in [6.45, 7) is 3.12. The van der Waals surface area contributed by atoms with E-state index in [0.717, 1.165) is 29.1 Å². The minimum Gasteiger partial charge on any atom is -0.359 e. The van der Waals surface area contributed by atoms with Crippen molar-refractivity contribution >= 4 is 33.3 Å². The highest BCUT2D eigenvalue weighted by molar-refractivity contribution is 9.10. The lowest BCUT2D eigenvalue weighted by molar-refractivity contribution is 0.703. The summed E-state index contributed by atoms with van der Waals surface area (Å²) in [4.78, 5) is 6.63. The predicted molar refractivity (Wildman–Crippen MR) is 74.5 cm³/mol. The number of halogens is 2. The molecule has 2 nitrogen and oxygen atoms in total. The second kappa shape index (κ2) is 7.13. The van der Waals surface area contributed by atoms with Crippen molar-refractivity contribution < 1.29 is 0 Å². The Hall–Kier alpha value is -0.280. The van der Waals surface area contributed by atoms with E-state index in [2.05, 4.69) is 45.9 Å². The molecular weight excluding hydrogens is 288 g/mol. The van der Waals surface area contributed by atoms with Crippen molar-refractivity contribution in [2.45, 2.75) is 26.2 Å². The first kappa shape index (κ1) is 13.8. The van der Waals surface area contributed by atoms with Crippen molar-refractivity contribution in [3.05, 3.63) is 22.3 Å². The standard InChI is InChI=1S/C12H18BrClN2/c1-10-8-11(13)9-15-12(10)16(2)7-5-3-4-6-14/h8-9H,3-7H2,1-2H3. The van der Waals surface area contributed by atoms with Gasteiger partial charge in [0.15, 0.2) is 0 Å². The third-order valence-corrected chi connectivity index (χ3v) is 3.21. The van der Waals surface area contributed by atoms with Gasteiger partial charge in [-0.15, -0.1) is 11.6 Å². The lowest BCUT2D eigenvalue weighted by atomic mass is 10.2. The first-order chi connectivity index (χ1) is 7.65. The van der Waals surface area contributed by atoms with Gasteiger partial charge in [0.25, 0.3) is 0 Å². The Morgan fingerprint density at radius 1 is 1.38 bits per heavy atom. The quantitative estimate of drug-likeness (QED) is 0.583. The molecule has 0 aliphatic heterocycles. The number of nitrogens with zero attached hydrogens (tertiary/aromatic N) is 2. The molecular formula is C12H18BrClN2. The molecule has 16 heavy (non-hydrogen) atoms. The van der Waals surface area contributed by atoms with E-state index in [1.807, 2.05) is 6.20 Å². The molecule has 0 radical (unpaired) electrons. The van der Waals surface area contributed by atoms with Gasteiger partial charge >= 0.3 is 0 Å². The summed E-state index contributed by atoms with van der Waals surface area (Å²) in [5, 5.41) is 0. The van der Waals surface area contributed by atoms with E-state index < -0.39 is 0 Å². The number of unbranched alkanes of at least 4 members (excludes halogenated alkanes) is 2. The lowest BCUT2D eigenvalue weighted by Crippen LogP contribution is -2.20. The zero-order chi connectivity index (χ0) is 12.0. The Kier molecular flexibility index (Phi) is 6.14. The van der Waals surface area contributed by atoms with E-state index in [4.69, 9.17) is 11.6 Å². The summed E-state index contributed by atoms with van der Waals surface area (Å²) in [5.41, 5.74) is 1.20. The first-order valence-corrected chi connectivity index (χ1v) is 6.87. The Morgan fingerprint density at radius 3 is 2.75 bits per heavy atom. The number of hydrogen-bond acceptors (Lipinski definition) is 2. The van der Waals surface area contributed by atoms with Gasteiger partial charge in [-0.1, -0.05) is 6.42 Å². The molecule has 1 aromatic rings. The average Bonchev–Trinajstić information content (AvgIpc) is 2.24. The first-order valence-electron chi connectivity index (χ1n) is 5.54. The van der Waals surface area contributed by atoms with Crippen LogP contribution in [0.3, 0.4) is 0 Å². The smallest absolute Gasteiger partial charge is 0.131 e. The summed E-state index contributed by atoms with van der Waals surface area (Å²) in [6.07, 6.45) is 5.30. The Labute approximate surface area is 111 Å². The molecule has 1 heterocycles. The molecule has 0 unspecified atom stereocenters. The second-order valence-corrected chi connectivity index (χ2v) is 5.26. The van der Waals surface area contributed by atoms with Crippen LogP contribution in [0.25, 0.3) is 0 Å². The van der Waals surface area contributed by atoms with Gasteiger partial charge in [0.05, 0.1) is 0 Å². The molecule has 1 rings (SSSR count). The number of rotatable bonds is 6. The minimum absolute atomic E-state index is 0.763. The van der Waals surface area contributed by atoms with Crippen LogP contribution in [0.15, 0.2) is 16.7 Å². The molecule has 0 atom stereocenters. The van der Waals surface area contributed by atoms with Crippen LogP contribution in [0.1, 0.15) is 24.8 Å². The average molecular weight is 306 g/mol. The molecule has 0 saturated heterocycles. The molecule has 90 valence electrons. The van der Waals surface area contributed by atoms with Crippen molar-refractivity contribution in [3.8, 4) is 0 Å². The van der Waals surface area contributed by atoms with Crippen LogP contribution in [0.4, 0.5) is 5.82 Å². The highest BCUT2D eigenvalue weighted by Crippen LogP contribution is 2.19. The van der Waals surface area contributed by atoms with Crippen LogP contribution in [0, 0.1) is 6.92 Å². The SMILES string of the molecule is Cc1cc(Br)cnc1N(C)CCCCCCl. The van der Waals surface area contributed by atoms with E-state index in [-0.39, 0.29) is 0 Å². The Morgan fingerprint density at radius 2 is 2.12 bits per heavy atom. The van der Waals surface area contributed by atoms with Gasteiger partial charge in [-0.3, -0.25) is 0 Å². The van der Waals surface area contributed by atoms with Gasteiger partial charge in [-0.25, -0.2) is 4.98 Å². The summed E-state index contributed by atoms with van der Waals surface area (Å²) in [6, 6.07) is 2.09. The van der Waals surface area contributed by atoms with Gasteiger partial charge in [0.2, 0.25) is 0 Å². The maximum Gasteiger partial charge on any atom is 0.131 e. The van der Waals surface area contributed by atoms with Crippen molar-refractivity contribution in [2.24, 2.45) is 0 Å². The number of anilines is 1. The molecule has 1 aromatic heterocycles. The molecule has 0 bridgehead atoms. The summed E-state index contributed by atoms with van der Waals surface area (Å²) < 4.78 is 1.03. The monoisotopic (exact) mass is 304 g/mol. The third-order valence-electron chi connectivity index (χ3n) is 2.51. The summed E-state index contributed by atoms with van der Waals surface area (Å²) in [7, 11) is 2.09. The lowest BCUT2D eigenvalue weighted by Gasteiger charge is -2.20. The molecule has 0 fully saturated rings. The number of alkyl halides is 1. The molecule has 0 aliphatic carbocycles. The number of aryl methyl sites for hydroxylation is 1. The van der Waals surface area contributed by atoms with Crippen LogP contribution in [0.5, 0.6) is 0 Å². The van der Waals surface area contributed by atoms with Crippen LogP contribution in [-0.4, -0.2) is 24.5 Å². The molecule has 0 N–H and O–H groups in total. The number of pyridine rings is 1. The van der Waals surface area contributed by atoms with Crippen LogP contribution < -0.4 is 4.90 Å². The summed E-state index contributed by atoms with van der Waals surface area (Å²) in [5.74, 6) is 1.83. The van der Waals surface area contributed by atoms with Gasteiger partial charge in [0.1, 0.15) is 5.82 Å². The van der Waals surface area contributed by atoms with Crippen molar-refractivity contribution in [2.75, 3.05) is 24.4 Å². The fourth-order valence-corrected chi connectivity index (χ4v) is 2.29. The van der Waals surface area contributed by atoms with E-state index in [1.165, 1.54) is 18.4 Å². The van der Waals surface area contributed by atoms with Gasteiger partial charge in [-0.05, 0) is 47.3 Å². The highest BCUT2D eigenvalue weighted by atomic mass is 79.9. The maximum atomic E-state index is 5.65. The van der Waals surface area contributed by atoms with Crippen LogP contribution in [0.2, 0.25) is 0 Å². The van der Waals surface area contributed by atoms with E-state index in [0.29, 0.717) is 0 Å². The zero-order valence-electron chi connectivity index (χ0n) is 9.84. The maximum absolute atomic E-state index is 5.65. The van der Waals surface area contributed by atoms with Crippen molar-refractivity contribution in [3.63, 3.8) is 0 Å². The fraction of sp³-hybridized carbons (Fsp3) is 0.583.